The first-order valence-corrected chi connectivity index (χ1v) is 3.95. The van der Waals surface area contributed by atoms with Gasteiger partial charge < -0.3 is 16.2 Å². The van der Waals surface area contributed by atoms with Gasteiger partial charge in [-0.1, -0.05) is 5.92 Å². The number of phenolic OH excluding ortho intramolecular Hbond substituents is 1. The Bertz CT molecular complexity index is 394. The van der Waals surface area contributed by atoms with Crippen LogP contribution in [0, 0.1) is 12.3 Å². The first kappa shape index (κ1) is 9.93. The number of phenols is 1. The summed E-state index contributed by atoms with van der Waals surface area (Å²) in [6.07, 6.45) is 4.98. The van der Waals surface area contributed by atoms with Crippen LogP contribution < -0.4 is 11.1 Å². The number of hydrogen-bond donors (Lipinski definition) is 3. The Hall–Kier alpha value is -2.15. The second-order valence-corrected chi connectivity index (χ2v) is 2.66. The molecule has 4 N–H and O–H groups in total. The standard InChI is InChI=1S/C10H10N2O2/c1-2-5-12-10(14)8-6-7(13)3-4-9(8)11/h1,3-4,6,13H,5,11H2,(H,12,14). The molecule has 0 atom stereocenters. The summed E-state index contributed by atoms with van der Waals surface area (Å²) in [7, 11) is 0. The number of terminal acetylenes is 1. The van der Waals surface area contributed by atoms with Crippen molar-refractivity contribution in [2.45, 2.75) is 0 Å². The van der Waals surface area contributed by atoms with E-state index in [9.17, 15) is 4.79 Å². The molecule has 0 spiro atoms. The number of benzene rings is 1. The number of hydrogen-bond acceptors (Lipinski definition) is 3. The molecule has 0 fully saturated rings. The minimum atomic E-state index is -0.392. The predicted molar refractivity (Wildman–Crippen MR) is 53.7 cm³/mol. The lowest BCUT2D eigenvalue weighted by molar-refractivity contribution is 0.0959. The Balaban J connectivity index is 2.90. The Labute approximate surface area is 81.7 Å². The number of nitrogens with two attached hydrogens (primary N) is 1. The van der Waals surface area contributed by atoms with Crippen molar-refractivity contribution < 1.29 is 9.90 Å². The molecule has 0 heterocycles. The van der Waals surface area contributed by atoms with Crippen LogP contribution in [0.15, 0.2) is 18.2 Å². The van der Waals surface area contributed by atoms with E-state index in [-0.39, 0.29) is 17.9 Å². The SMILES string of the molecule is C#CCNC(=O)c1cc(O)ccc1N. The second kappa shape index (κ2) is 4.19. The molecule has 1 rings (SSSR count). The van der Waals surface area contributed by atoms with Crippen molar-refractivity contribution in [3.63, 3.8) is 0 Å². The van der Waals surface area contributed by atoms with Gasteiger partial charge in [-0.2, -0.15) is 0 Å². The first-order chi connectivity index (χ1) is 6.65. The van der Waals surface area contributed by atoms with Crippen molar-refractivity contribution in [2.24, 2.45) is 0 Å². The zero-order chi connectivity index (χ0) is 10.6. The summed E-state index contributed by atoms with van der Waals surface area (Å²) >= 11 is 0. The summed E-state index contributed by atoms with van der Waals surface area (Å²) in [6, 6.07) is 4.16. The highest BCUT2D eigenvalue weighted by Crippen LogP contribution is 2.17. The number of nitrogen functional groups attached to an aromatic ring is 1. The van der Waals surface area contributed by atoms with Crippen LogP contribution in [-0.2, 0) is 0 Å². The van der Waals surface area contributed by atoms with E-state index in [1.165, 1.54) is 18.2 Å². The summed E-state index contributed by atoms with van der Waals surface area (Å²) in [5.41, 5.74) is 6.06. The lowest BCUT2D eigenvalue weighted by atomic mass is 10.1. The fourth-order valence-electron chi connectivity index (χ4n) is 0.967. The fraction of sp³-hybridized carbons (Fsp3) is 0.100. The summed E-state index contributed by atoms with van der Waals surface area (Å²) in [5.74, 6) is 1.87. The number of rotatable bonds is 2. The molecule has 1 amide bonds. The average molecular weight is 190 g/mol. The highest BCUT2D eigenvalue weighted by Gasteiger charge is 2.08. The summed E-state index contributed by atoms with van der Waals surface area (Å²) in [4.78, 5) is 11.4. The number of aromatic hydroxyl groups is 1. The van der Waals surface area contributed by atoms with Gasteiger partial charge in [-0.25, -0.2) is 0 Å². The summed E-state index contributed by atoms with van der Waals surface area (Å²) < 4.78 is 0. The van der Waals surface area contributed by atoms with E-state index in [4.69, 9.17) is 17.3 Å². The van der Waals surface area contributed by atoms with E-state index in [1.807, 2.05) is 0 Å². The zero-order valence-corrected chi connectivity index (χ0v) is 7.45. The Morgan fingerprint density at radius 2 is 2.36 bits per heavy atom. The van der Waals surface area contributed by atoms with Crippen molar-refractivity contribution in [1.82, 2.24) is 5.32 Å². The van der Waals surface area contributed by atoms with Crippen LogP contribution in [0.5, 0.6) is 5.75 Å². The molecule has 1 aromatic carbocycles. The van der Waals surface area contributed by atoms with E-state index in [1.54, 1.807) is 0 Å². The topological polar surface area (TPSA) is 75.3 Å². The van der Waals surface area contributed by atoms with Gasteiger partial charge in [-0.15, -0.1) is 6.42 Å². The lowest BCUT2D eigenvalue weighted by Gasteiger charge is -2.05. The minimum Gasteiger partial charge on any atom is -0.508 e. The fourth-order valence-corrected chi connectivity index (χ4v) is 0.967. The second-order valence-electron chi connectivity index (χ2n) is 2.66. The van der Waals surface area contributed by atoms with Crippen LogP contribution in [-0.4, -0.2) is 17.6 Å². The lowest BCUT2D eigenvalue weighted by Crippen LogP contribution is -2.24. The highest BCUT2D eigenvalue weighted by atomic mass is 16.3. The molecule has 1 aromatic rings. The number of carbonyl (C=O) groups excluding carboxylic acids is 1. The van der Waals surface area contributed by atoms with Crippen molar-refractivity contribution in [3.8, 4) is 18.1 Å². The maximum absolute atomic E-state index is 11.4. The van der Waals surface area contributed by atoms with Crippen LogP contribution in [0.25, 0.3) is 0 Å². The molecule has 4 heteroatoms. The number of anilines is 1. The van der Waals surface area contributed by atoms with Gasteiger partial charge in [0.1, 0.15) is 5.75 Å². The molecule has 0 unspecified atom stereocenters. The largest absolute Gasteiger partial charge is 0.508 e. The van der Waals surface area contributed by atoms with E-state index >= 15 is 0 Å². The number of nitrogens with one attached hydrogen (secondary N) is 1. The molecule has 0 aliphatic heterocycles. The van der Waals surface area contributed by atoms with Gasteiger partial charge in [0.05, 0.1) is 12.1 Å². The number of carbonyl (C=O) groups is 1. The van der Waals surface area contributed by atoms with E-state index in [2.05, 4.69) is 11.2 Å². The smallest absolute Gasteiger partial charge is 0.254 e. The summed E-state index contributed by atoms with van der Waals surface area (Å²) in [6.45, 7) is 0.133. The van der Waals surface area contributed by atoms with E-state index in [0.29, 0.717) is 5.69 Å². The van der Waals surface area contributed by atoms with Gasteiger partial charge in [-0.3, -0.25) is 4.79 Å². The van der Waals surface area contributed by atoms with Crippen molar-refractivity contribution in [2.75, 3.05) is 12.3 Å². The molecule has 0 aromatic heterocycles. The molecular formula is C10H10N2O2. The number of amides is 1. The van der Waals surface area contributed by atoms with Crippen LogP contribution >= 0.6 is 0 Å². The highest BCUT2D eigenvalue weighted by molar-refractivity contribution is 5.99. The maximum atomic E-state index is 11.4. The molecule has 0 aliphatic rings. The van der Waals surface area contributed by atoms with Gasteiger partial charge >= 0.3 is 0 Å². The van der Waals surface area contributed by atoms with Crippen LogP contribution in [0.4, 0.5) is 5.69 Å². The quantitative estimate of drug-likeness (QED) is 0.357. The van der Waals surface area contributed by atoms with Crippen LogP contribution in [0.3, 0.4) is 0 Å². The third kappa shape index (κ3) is 2.17. The monoisotopic (exact) mass is 190 g/mol. The first-order valence-electron chi connectivity index (χ1n) is 3.95. The van der Waals surface area contributed by atoms with Crippen LogP contribution in [0.2, 0.25) is 0 Å². The molecule has 0 radical (unpaired) electrons. The van der Waals surface area contributed by atoms with Gasteiger partial charge in [0.2, 0.25) is 0 Å². The summed E-state index contributed by atoms with van der Waals surface area (Å²) in [5, 5.41) is 11.6. The van der Waals surface area contributed by atoms with E-state index < -0.39 is 5.91 Å². The molecule has 14 heavy (non-hydrogen) atoms. The molecule has 4 nitrogen and oxygen atoms in total. The van der Waals surface area contributed by atoms with Crippen molar-refractivity contribution in [1.29, 1.82) is 0 Å². The van der Waals surface area contributed by atoms with Crippen molar-refractivity contribution >= 4 is 11.6 Å². The predicted octanol–water partition coefficient (Wildman–Crippen LogP) is 0.337. The average Bonchev–Trinajstić information content (AvgIpc) is 2.18. The Morgan fingerprint density at radius 1 is 1.64 bits per heavy atom. The molecule has 0 aliphatic carbocycles. The van der Waals surface area contributed by atoms with Gasteiger partial charge in [0.25, 0.3) is 5.91 Å². The minimum absolute atomic E-state index is 0.00921. The Morgan fingerprint density at radius 3 is 3.00 bits per heavy atom. The molecule has 0 saturated carbocycles. The maximum Gasteiger partial charge on any atom is 0.254 e. The molecule has 0 saturated heterocycles. The third-order valence-electron chi connectivity index (χ3n) is 1.63. The Kier molecular flexibility index (Phi) is 2.97. The zero-order valence-electron chi connectivity index (χ0n) is 7.45. The van der Waals surface area contributed by atoms with Gasteiger partial charge in [0.15, 0.2) is 0 Å². The molecule has 0 bridgehead atoms. The van der Waals surface area contributed by atoms with Crippen molar-refractivity contribution in [3.05, 3.63) is 23.8 Å². The third-order valence-corrected chi connectivity index (χ3v) is 1.63. The molecule has 72 valence electrons. The van der Waals surface area contributed by atoms with Crippen LogP contribution in [0.1, 0.15) is 10.4 Å². The van der Waals surface area contributed by atoms with Gasteiger partial charge in [0, 0.05) is 5.69 Å². The normalized spacial score (nSPS) is 9.07. The van der Waals surface area contributed by atoms with E-state index in [0.717, 1.165) is 0 Å². The molecular weight excluding hydrogens is 180 g/mol. The van der Waals surface area contributed by atoms with Gasteiger partial charge in [-0.05, 0) is 18.2 Å².